The van der Waals surface area contributed by atoms with Crippen LogP contribution in [-0.4, -0.2) is 25.4 Å². The molecular formula is C8H15ClF2O2. The van der Waals surface area contributed by atoms with E-state index in [1.807, 2.05) is 6.92 Å². The molecule has 13 heavy (non-hydrogen) atoms. The molecule has 0 aliphatic carbocycles. The number of hydrogen-bond acceptors (Lipinski definition) is 2. The first-order valence-corrected chi connectivity index (χ1v) is 4.58. The molecule has 0 aliphatic rings. The molecule has 0 rings (SSSR count). The standard InChI is InChI=1S/C8H15ClF2O2/c1-3-4-5-13-7(12-2)6-8(9,10)11/h7H,3-6H2,1-2H3. The van der Waals surface area contributed by atoms with Crippen molar-refractivity contribution in [1.29, 1.82) is 0 Å². The van der Waals surface area contributed by atoms with E-state index in [0.717, 1.165) is 12.8 Å². The molecule has 1 atom stereocenters. The predicted molar refractivity (Wildman–Crippen MR) is 47.1 cm³/mol. The smallest absolute Gasteiger partial charge is 0.326 e. The van der Waals surface area contributed by atoms with Gasteiger partial charge in [-0.1, -0.05) is 13.3 Å². The summed E-state index contributed by atoms with van der Waals surface area (Å²) >= 11 is 4.73. The molecule has 0 N–H and O–H groups in total. The van der Waals surface area contributed by atoms with Crippen molar-refractivity contribution >= 4 is 11.6 Å². The number of ether oxygens (including phenoxy) is 2. The largest absolute Gasteiger partial charge is 0.356 e. The first kappa shape index (κ1) is 13.1. The molecule has 1 unspecified atom stereocenters. The summed E-state index contributed by atoms with van der Waals surface area (Å²) in [7, 11) is 1.32. The number of alkyl halides is 3. The Kier molecular flexibility index (Phi) is 6.55. The van der Waals surface area contributed by atoms with Crippen LogP contribution in [0.5, 0.6) is 0 Å². The van der Waals surface area contributed by atoms with Crippen molar-refractivity contribution in [2.45, 2.75) is 37.9 Å². The highest BCUT2D eigenvalue weighted by Gasteiger charge is 2.30. The van der Waals surface area contributed by atoms with E-state index >= 15 is 0 Å². The summed E-state index contributed by atoms with van der Waals surface area (Å²) in [5.74, 6) is 0. The van der Waals surface area contributed by atoms with Gasteiger partial charge < -0.3 is 9.47 Å². The van der Waals surface area contributed by atoms with E-state index < -0.39 is 18.1 Å². The summed E-state index contributed by atoms with van der Waals surface area (Å²) in [5.41, 5.74) is 0. The summed E-state index contributed by atoms with van der Waals surface area (Å²) in [4.78, 5) is 0. The lowest BCUT2D eigenvalue weighted by atomic mass is 10.3. The maximum atomic E-state index is 12.3. The highest BCUT2D eigenvalue weighted by molar-refractivity contribution is 6.21. The summed E-state index contributed by atoms with van der Waals surface area (Å²) < 4.78 is 34.3. The average molecular weight is 217 g/mol. The Morgan fingerprint density at radius 3 is 2.46 bits per heavy atom. The van der Waals surface area contributed by atoms with Crippen LogP contribution >= 0.6 is 11.6 Å². The van der Waals surface area contributed by atoms with Crippen LogP contribution in [-0.2, 0) is 9.47 Å². The molecule has 2 nitrogen and oxygen atoms in total. The van der Waals surface area contributed by atoms with Gasteiger partial charge in [0.2, 0.25) is 0 Å². The van der Waals surface area contributed by atoms with Crippen LogP contribution in [0.15, 0.2) is 0 Å². The van der Waals surface area contributed by atoms with Crippen LogP contribution in [0.3, 0.4) is 0 Å². The van der Waals surface area contributed by atoms with Crippen molar-refractivity contribution in [2.24, 2.45) is 0 Å². The van der Waals surface area contributed by atoms with Gasteiger partial charge in [0, 0.05) is 13.7 Å². The molecule has 0 saturated heterocycles. The van der Waals surface area contributed by atoms with Gasteiger partial charge in [-0.3, -0.25) is 0 Å². The lowest BCUT2D eigenvalue weighted by Gasteiger charge is -2.18. The molecular weight excluding hydrogens is 202 g/mol. The van der Waals surface area contributed by atoms with E-state index in [4.69, 9.17) is 16.3 Å². The highest BCUT2D eigenvalue weighted by Crippen LogP contribution is 2.26. The number of rotatable bonds is 7. The van der Waals surface area contributed by atoms with Crippen LogP contribution in [0.2, 0.25) is 0 Å². The van der Waals surface area contributed by atoms with Crippen molar-refractivity contribution in [3.05, 3.63) is 0 Å². The summed E-state index contributed by atoms with van der Waals surface area (Å²) in [6, 6.07) is 0. The molecule has 0 aliphatic heterocycles. The van der Waals surface area contributed by atoms with Crippen LogP contribution in [0, 0.1) is 0 Å². The van der Waals surface area contributed by atoms with Crippen molar-refractivity contribution in [2.75, 3.05) is 13.7 Å². The Labute approximate surface area is 82.2 Å². The molecule has 0 saturated carbocycles. The Balaban J connectivity index is 3.63. The Morgan fingerprint density at radius 1 is 1.46 bits per heavy atom. The van der Waals surface area contributed by atoms with E-state index in [1.165, 1.54) is 7.11 Å². The molecule has 0 fully saturated rings. The number of unbranched alkanes of at least 4 members (excludes halogenated alkanes) is 1. The molecule has 0 spiro atoms. The first-order chi connectivity index (χ1) is 5.99. The molecule has 0 bridgehead atoms. The maximum absolute atomic E-state index is 12.3. The van der Waals surface area contributed by atoms with Gasteiger partial charge in [-0.05, 0) is 18.0 Å². The molecule has 0 aromatic heterocycles. The van der Waals surface area contributed by atoms with E-state index in [2.05, 4.69) is 4.74 Å². The van der Waals surface area contributed by atoms with Gasteiger partial charge in [0.25, 0.3) is 0 Å². The minimum absolute atomic E-state index is 0.419. The molecule has 5 heteroatoms. The minimum atomic E-state index is -3.26. The second-order valence-electron chi connectivity index (χ2n) is 2.71. The van der Waals surface area contributed by atoms with Crippen LogP contribution in [0.4, 0.5) is 8.78 Å². The topological polar surface area (TPSA) is 18.5 Å². The van der Waals surface area contributed by atoms with E-state index in [0.29, 0.717) is 6.61 Å². The van der Waals surface area contributed by atoms with Gasteiger partial charge in [0.15, 0.2) is 6.29 Å². The summed E-state index contributed by atoms with van der Waals surface area (Å²) in [6.45, 7) is 2.41. The van der Waals surface area contributed by atoms with E-state index in [9.17, 15) is 8.78 Å². The molecule has 0 heterocycles. The Bertz CT molecular complexity index is 128. The highest BCUT2D eigenvalue weighted by atomic mass is 35.5. The zero-order valence-corrected chi connectivity index (χ0v) is 8.61. The first-order valence-electron chi connectivity index (χ1n) is 4.20. The van der Waals surface area contributed by atoms with Crippen LogP contribution in [0.1, 0.15) is 26.2 Å². The maximum Gasteiger partial charge on any atom is 0.326 e. The monoisotopic (exact) mass is 216 g/mol. The predicted octanol–water partition coefficient (Wildman–Crippen LogP) is 3.00. The van der Waals surface area contributed by atoms with Gasteiger partial charge in [-0.2, -0.15) is 8.78 Å². The molecule has 80 valence electrons. The van der Waals surface area contributed by atoms with Gasteiger partial charge in [-0.15, -0.1) is 0 Å². The second kappa shape index (κ2) is 6.51. The molecule has 0 amide bonds. The van der Waals surface area contributed by atoms with Gasteiger partial charge >= 0.3 is 5.38 Å². The molecule has 0 radical (unpaired) electrons. The van der Waals surface area contributed by atoms with E-state index in [1.54, 1.807) is 0 Å². The van der Waals surface area contributed by atoms with Gasteiger partial charge in [-0.25, -0.2) is 0 Å². The minimum Gasteiger partial charge on any atom is -0.356 e. The third kappa shape index (κ3) is 8.40. The van der Waals surface area contributed by atoms with Crippen LogP contribution < -0.4 is 0 Å². The third-order valence-corrected chi connectivity index (χ3v) is 1.62. The number of hydrogen-bond donors (Lipinski definition) is 0. The molecule has 0 aromatic rings. The van der Waals surface area contributed by atoms with E-state index in [-0.39, 0.29) is 0 Å². The number of halogens is 3. The van der Waals surface area contributed by atoms with Crippen molar-refractivity contribution in [1.82, 2.24) is 0 Å². The fraction of sp³-hybridized carbons (Fsp3) is 1.00. The SMILES string of the molecule is CCCCOC(CC(F)(F)Cl)OC. The van der Waals surface area contributed by atoms with Gasteiger partial charge in [0.05, 0.1) is 6.42 Å². The zero-order valence-electron chi connectivity index (χ0n) is 7.86. The quantitative estimate of drug-likeness (QED) is 0.370. The van der Waals surface area contributed by atoms with Crippen molar-refractivity contribution in [3.63, 3.8) is 0 Å². The molecule has 0 aromatic carbocycles. The van der Waals surface area contributed by atoms with Crippen LogP contribution in [0.25, 0.3) is 0 Å². The summed E-state index contributed by atoms with van der Waals surface area (Å²) in [6.07, 6.45) is 0.245. The number of methoxy groups -OCH3 is 1. The third-order valence-electron chi connectivity index (χ3n) is 1.46. The fourth-order valence-corrected chi connectivity index (χ4v) is 0.884. The Hall–Kier alpha value is 0.0700. The average Bonchev–Trinajstić information content (AvgIpc) is 2.01. The summed E-state index contributed by atoms with van der Waals surface area (Å²) in [5, 5.41) is -3.26. The fourth-order valence-electron chi connectivity index (χ4n) is 0.758. The van der Waals surface area contributed by atoms with Crippen molar-refractivity contribution in [3.8, 4) is 0 Å². The lowest BCUT2D eigenvalue weighted by molar-refractivity contribution is -0.152. The zero-order chi connectivity index (χ0) is 10.3. The lowest BCUT2D eigenvalue weighted by Crippen LogP contribution is -2.23. The normalized spacial score (nSPS) is 14.5. The van der Waals surface area contributed by atoms with Gasteiger partial charge in [0.1, 0.15) is 0 Å². The van der Waals surface area contributed by atoms with Crippen molar-refractivity contribution < 1.29 is 18.3 Å². The second-order valence-corrected chi connectivity index (χ2v) is 3.26. The Morgan fingerprint density at radius 2 is 2.08 bits per heavy atom.